The highest BCUT2D eigenvalue weighted by Gasteiger charge is 2.05. The molecule has 0 radical (unpaired) electrons. The second-order valence-corrected chi connectivity index (χ2v) is 6.75. The van der Waals surface area contributed by atoms with Crippen molar-refractivity contribution < 1.29 is 4.79 Å². The monoisotopic (exact) mass is 348 g/mol. The van der Waals surface area contributed by atoms with E-state index in [1.807, 2.05) is 54.6 Å². The Balaban J connectivity index is 1.44. The predicted octanol–water partition coefficient (Wildman–Crippen LogP) is 4.66. The lowest BCUT2D eigenvalue weighted by Crippen LogP contribution is -2.24. The average Bonchev–Trinajstić information content (AvgIpc) is 2.69. The van der Waals surface area contributed by atoms with Crippen LogP contribution in [0.4, 0.5) is 0 Å². The van der Waals surface area contributed by atoms with Crippen LogP contribution in [-0.4, -0.2) is 23.2 Å². The first kappa shape index (κ1) is 17.2. The van der Waals surface area contributed by atoms with Gasteiger partial charge in [0.25, 0.3) is 5.91 Å². The fraction of sp³-hybridized carbons (Fsp3) is 0.143. The van der Waals surface area contributed by atoms with Crippen molar-refractivity contribution in [3.05, 3.63) is 84.7 Å². The van der Waals surface area contributed by atoms with Crippen LogP contribution in [0, 0.1) is 0 Å². The minimum Gasteiger partial charge on any atom is -0.352 e. The van der Waals surface area contributed by atoms with Gasteiger partial charge in [-0.2, -0.15) is 0 Å². The smallest absolute Gasteiger partial charge is 0.251 e. The lowest BCUT2D eigenvalue weighted by atomic mass is 10.0. The molecule has 1 aromatic heterocycles. The zero-order valence-electron chi connectivity index (χ0n) is 13.9. The third-order valence-electron chi connectivity index (χ3n) is 3.78. The van der Waals surface area contributed by atoms with Gasteiger partial charge in [-0.1, -0.05) is 42.5 Å². The highest BCUT2D eigenvalue weighted by atomic mass is 32.2. The Morgan fingerprint density at radius 3 is 2.28 bits per heavy atom. The van der Waals surface area contributed by atoms with Crippen molar-refractivity contribution in [2.75, 3.05) is 12.3 Å². The van der Waals surface area contributed by atoms with Crippen LogP contribution in [0.3, 0.4) is 0 Å². The largest absolute Gasteiger partial charge is 0.352 e. The molecule has 0 atom stereocenters. The van der Waals surface area contributed by atoms with Crippen LogP contribution in [0.15, 0.2) is 84.0 Å². The van der Waals surface area contributed by atoms with Gasteiger partial charge < -0.3 is 5.32 Å². The van der Waals surface area contributed by atoms with Gasteiger partial charge in [-0.15, -0.1) is 11.8 Å². The van der Waals surface area contributed by atoms with E-state index >= 15 is 0 Å². The first-order valence-electron chi connectivity index (χ1n) is 8.29. The molecule has 1 amide bonds. The van der Waals surface area contributed by atoms with E-state index in [1.54, 1.807) is 24.2 Å². The van der Waals surface area contributed by atoms with Crippen molar-refractivity contribution in [1.82, 2.24) is 10.3 Å². The van der Waals surface area contributed by atoms with Crippen LogP contribution in [-0.2, 0) is 0 Å². The summed E-state index contributed by atoms with van der Waals surface area (Å²) in [7, 11) is 0. The van der Waals surface area contributed by atoms with E-state index in [0.29, 0.717) is 12.1 Å². The first-order valence-corrected chi connectivity index (χ1v) is 9.28. The molecule has 0 aliphatic carbocycles. The summed E-state index contributed by atoms with van der Waals surface area (Å²) in [5.41, 5.74) is 2.97. The third kappa shape index (κ3) is 5.19. The molecule has 0 saturated heterocycles. The predicted molar refractivity (Wildman–Crippen MR) is 104 cm³/mol. The second kappa shape index (κ2) is 9.04. The molecule has 3 aromatic rings. The maximum absolute atomic E-state index is 12.2. The number of aromatic nitrogens is 1. The topological polar surface area (TPSA) is 42.0 Å². The number of carbonyl (C=O) groups excluding carboxylic acids is 1. The molecule has 0 unspecified atom stereocenters. The molecule has 4 heteroatoms. The zero-order valence-corrected chi connectivity index (χ0v) is 14.7. The molecule has 3 rings (SSSR count). The van der Waals surface area contributed by atoms with Gasteiger partial charge in [0, 0.05) is 29.4 Å². The quantitative estimate of drug-likeness (QED) is 0.499. The van der Waals surface area contributed by atoms with Crippen LogP contribution < -0.4 is 5.32 Å². The lowest BCUT2D eigenvalue weighted by Gasteiger charge is -2.07. The summed E-state index contributed by atoms with van der Waals surface area (Å²) in [5, 5.41) is 2.98. The van der Waals surface area contributed by atoms with Crippen LogP contribution in [0.1, 0.15) is 16.8 Å². The second-order valence-electron chi connectivity index (χ2n) is 5.58. The summed E-state index contributed by atoms with van der Waals surface area (Å²) >= 11 is 1.78. The van der Waals surface area contributed by atoms with Gasteiger partial charge in [0.15, 0.2) is 0 Å². The number of hydrogen-bond donors (Lipinski definition) is 1. The average molecular weight is 348 g/mol. The van der Waals surface area contributed by atoms with Crippen molar-refractivity contribution in [1.29, 1.82) is 0 Å². The summed E-state index contributed by atoms with van der Waals surface area (Å²) < 4.78 is 0. The Morgan fingerprint density at radius 1 is 0.880 bits per heavy atom. The molecule has 1 N–H and O–H groups in total. The molecular formula is C21H20N2OS. The number of rotatable bonds is 7. The van der Waals surface area contributed by atoms with Crippen molar-refractivity contribution in [2.24, 2.45) is 0 Å². The van der Waals surface area contributed by atoms with E-state index in [0.717, 1.165) is 23.3 Å². The fourth-order valence-electron chi connectivity index (χ4n) is 2.45. The van der Waals surface area contributed by atoms with Gasteiger partial charge >= 0.3 is 0 Å². The van der Waals surface area contributed by atoms with Crippen LogP contribution in [0.2, 0.25) is 0 Å². The number of nitrogens with one attached hydrogen (secondary N) is 1. The van der Waals surface area contributed by atoms with E-state index in [9.17, 15) is 4.79 Å². The number of carbonyl (C=O) groups is 1. The van der Waals surface area contributed by atoms with E-state index in [1.165, 1.54) is 4.90 Å². The lowest BCUT2D eigenvalue weighted by molar-refractivity contribution is 0.0954. The zero-order chi connectivity index (χ0) is 17.3. The summed E-state index contributed by atoms with van der Waals surface area (Å²) in [6.07, 6.45) is 4.52. The van der Waals surface area contributed by atoms with Gasteiger partial charge in [0.2, 0.25) is 0 Å². The third-order valence-corrected chi connectivity index (χ3v) is 4.88. The molecule has 25 heavy (non-hydrogen) atoms. The maximum atomic E-state index is 12.2. The fourth-order valence-corrected chi connectivity index (χ4v) is 3.28. The van der Waals surface area contributed by atoms with E-state index < -0.39 is 0 Å². The van der Waals surface area contributed by atoms with E-state index in [4.69, 9.17) is 0 Å². The van der Waals surface area contributed by atoms with E-state index in [-0.39, 0.29) is 5.91 Å². The summed E-state index contributed by atoms with van der Waals surface area (Å²) in [5.74, 6) is 0.950. The highest BCUT2D eigenvalue weighted by Crippen LogP contribution is 2.19. The summed E-state index contributed by atoms with van der Waals surface area (Å²) in [6.45, 7) is 0.678. The molecular weight excluding hydrogens is 328 g/mol. The molecule has 2 aromatic carbocycles. The standard InChI is InChI=1S/C21H20N2OS/c24-21(23-13-4-16-25-20-11-14-22-15-12-20)19-9-7-18(8-10-19)17-5-2-1-3-6-17/h1-3,5-12,14-15H,4,13,16H2,(H,23,24). The molecule has 1 heterocycles. The SMILES string of the molecule is O=C(NCCCSc1ccncc1)c1ccc(-c2ccccc2)cc1. The molecule has 0 saturated carbocycles. The number of thioether (sulfide) groups is 1. The minimum atomic E-state index is -0.0199. The molecule has 0 aliphatic heterocycles. The Morgan fingerprint density at radius 2 is 1.56 bits per heavy atom. The first-order chi connectivity index (χ1) is 12.3. The minimum absolute atomic E-state index is 0.0199. The van der Waals surface area contributed by atoms with Crippen molar-refractivity contribution in [3.63, 3.8) is 0 Å². The van der Waals surface area contributed by atoms with Gasteiger partial charge in [0.1, 0.15) is 0 Å². The van der Waals surface area contributed by atoms with Crippen LogP contribution >= 0.6 is 11.8 Å². The van der Waals surface area contributed by atoms with Crippen LogP contribution in [0.5, 0.6) is 0 Å². The van der Waals surface area contributed by atoms with Crippen molar-refractivity contribution >= 4 is 17.7 Å². The Kier molecular flexibility index (Phi) is 6.23. The van der Waals surface area contributed by atoms with Gasteiger partial charge in [-0.05, 0) is 47.6 Å². The molecule has 126 valence electrons. The highest BCUT2D eigenvalue weighted by molar-refractivity contribution is 7.99. The Labute approximate surface area is 152 Å². The number of benzene rings is 2. The van der Waals surface area contributed by atoms with Crippen LogP contribution in [0.25, 0.3) is 11.1 Å². The van der Waals surface area contributed by atoms with E-state index in [2.05, 4.69) is 22.4 Å². The Bertz CT molecular complexity index is 789. The number of nitrogens with zero attached hydrogens (tertiary/aromatic N) is 1. The summed E-state index contributed by atoms with van der Waals surface area (Å²) in [6, 6.07) is 21.9. The van der Waals surface area contributed by atoms with Gasteiger partial charge in [-0.25, -0.2) is 0 Å². The molecule has 0 fully saturated rings. The maximum Gasteiger partial charge on any atom is 0.251 e. The molecule has 0 spiro atoms. The normalized spacial score (nSPS) is 10.4. The van der Waals surface area contributed by atoms with Crippen molar-refractivity contribution in [2.45, 2.75) is 11.3 Å². The Hall–Kier alpha value is -2.59. The van der Waals surface area contributed by atoms with Gasteiger partial charge in [0.05, 0.1) is 0 Å². The molecule has 3 nitrogen and oxygen atoms in total. The number of amides is 1. The molecule has 0 bridgehead atoms. The summed E-state index contributed by atoms with van der Waals surface area (Å²) in [4.78, 5) is 17.4. The van der Waals surface area contributed by atoms with Gasteiger partial charge in [-0.3, -0.25) is 9.78 Å². The van der Waals surface area contributed by atoms with Crippen molar-refractivity contribution in [3.8, 4) is 11.1 Å². The molecule has 0 aliphatic rings. The number of pyridine rings is 1. The number of hydrogen-bond acceptors (Lipinski definition) is 3.